The summed E-state index contributed by atoms with van der Waals surface area (Å²) in [5, 5.41) is 0. The number of fused-ring (bicyclic) bond motifs is 1. The molecule has 5 nitrogen and oxygen atoms in total. The second-order valence-corrected chi connectivity index (χ2v) is 8.22. The lowest BCUT2D eigenvalue weighted by Crippen LogP contribution is -2.24. The zero-order chi connectivity index (χ0) is 21.8. The van der Waals surface area contributed by atoms with Crippen molar-refractivity contribution in [3.05, 3.63) is 90.8 Å². The van der Waals surface area contributed by atoms with Gasteiger partial charge >= 0.3 is 0 Å². The third-order valence-corrected chi connectivity index (χ3v) is 6.03. The number of nitrogens with zero attached hydrogens (tertiary/aromatic N) is 3. The number of ether oxygens (including phenoxy) is 1. The molecule has 1 fully saturated rings. The molecule has 0 unspecified atom stereocenters. The van der Waals surface area contributed by atoms with Crippen LogP contribution in [0.25, 0.3) is 11.0 Å². The number of carbonyl (C=O) groups is 1. The van der Waals surface area contributed by atoms with Crippen molar-refractivity contribution in [3.8, 4) is 5.75 Å². The van der Waals surface area contributed by atoms with Crippen molar-refractivity contribution in [2.75, 3.05) is 18.1 Å². The number of aryl methyl sites for hydroxylation is 1. The summed E-state index contributed by atoms with van der Waals surface area (Å²) in [4.78, 5) is 19.6. The highest BCUT2D eigenvalue weighted by atomic mass is 16.5. The van der Waals surface area contributed by atoms with Gasteiger partial charge in [-0.1, -0.05) is 48.5 Å². The molecule has 1 aliphatic rings. The Morgan fingerprint density at radius 1 is 0.875 bits per heavy atom. The van der Waals surface area contributed by atoms with Crippen molar-refractivity contribution in [2.24, 2.45) is 0 Å². The minimum atomic E-state index is 0.0932. The van der Waals surface area contributed by atoms with Crippen LogP contribution in [0.3, 0.4) is 0 Å². The van der Waals surface area contributed by atoms with Crippen molar-refractivity contribution < 1.29 is 9.53 Å². The molecule has 1 aromatic heterocycles. The first kappa shape index (κ1) is 20.3. The molecule has 1 aliphatic heterocycles. The minimum Gasteiger partial charge on any atom is -0.494 e. The molecule has 2 heterocycles. The van der Waals surface area contributed by atoms with Crippen molar-refractivity contribution in [1.29, 1.82) is 0 Å². The number of carbonyl (C=O) groups excluding carboxylic acids is 1. The lowest BCUT2D eigenvalue weighted by molar-refractivity contribution is -0.117. The number of benzene rings is 3. The number of unbranched alkanes of at least 4 members (excludes halogenated alkanes) is 1. The summed E-state index contributed by atoms with van der Waals surface area (Å²) in [6, 6.07) is 28.1. The van der Waals surface area contributed by atoms with Gasteiger partial charge in [0.05, 0.1) is 17.6 Å². The number of anilines is 1. The summed E-state index contributed by atoms with van der Waals surface area (Å²) in [7, 11) is 0. The maximum Gasteiger partial charge on any atom is 0.227 e. The highest BCUT2D eigenvalue weighted by molar-refractivity contribution is 5.96. The monoisotopic (exact) mass is 425 g/mol. The van der Waals surface area contributed by atoms with E-state index in [1.165, 1.54) is 0 Å². The van der Waals surface area contributed by atoms with Crippen LogP contribution >= 0.6 is 0 Å². The van der Waals surface area contributed by atoms with Gasteiger partial charge in [0.1, 0.15) is 11.6 Å². The second-order valence-electron chi connectivity index (χ2n) is 8.22. The number of aromatic nitrogens is 2. The number of imidazole rings is 1. The van der Waals surface area contributed by atoms with Crippen LogP contribution in [-0.2, 0) is 11.3 Å². The van der Waals surface area contributed by atoms with E-state index >= 15 is 0 Å². The molecule has 1 atom stereocenters. The van der Waals surface area contributed by atoms with E-state index in [0.29, 0.717) is 19.6 Å². The Morgan fingerprint density at radius 2 is 1.59 bits per heavy atom. The third kappa shape index (κ3) is 4.24. The quantitative estimate of drug-likeness (QED) is 0.354. The first-order valence-electron chi connectivity index (χ1n) is 11.3. The molecule has 0 aliphatic carbocycles. The molecule has 1 saturated heterocycles. The Labute approximate surface area is 188 Å². The average Bonchev–Trinajstić information content (AvgIpc) is 3.40. The molecule has 1 amide bonds. The van der Waals surface area contributed by atoms with E-state index in [0.717, 1.165) is 47.7 Å². The Hall–Kier alpha value is -3.60. The minimum absolute atomic E-state index is 0.0932. The van der Waals surface area contributed by atoms with Crippen LogP contribution in [0.1, 0.15) is 31.0 Å². The fourth-order valence-corrected chi connectivity index (χ4v) is 4.46. The summed E-state index contributed by atoms with van der Waals surface area (Å²) >= 11 is 0. The Kier molecular flexibility index (Phi) is 5.88. The predicted molar refractivity (Wildman–Crippen MR) is 127 cm³/mol. The molecular weight excluding hydrogens is 398 g/mol. The fourth-order valence-electron chi connectivity index (χ4n) is 4.46. The second kappa shape index (κ2) is 9.27. The zero-order valence-electron chi connectivity index (χ0n) is 18.1. The normalized spacial score (nSPS) is 16.1. The fraction of sp³-hybridized carbons (Fsp3) is 0.259. The third-order valence-electron chi connectivity index (χ3n) is 6.03. The zero-order valence-corrected chi connectivity index (χ0v) is 18.1. The number of amides is 1. The lowest BCUT2D eigenvalue weighted by Gasteiger charge is -2.17. The van der Waals surface area contributed by atoms with E-state index in [1.54, 1.807) is 0 Å². The van der Waals surface area contributed by atoms with Gasteiger partial charge in [-0.2, -0.15) is 0 Å². The molecule has 0 bridgehead atoms. The lowest BCUT2D eigenvalue weighted by atomic mass is 10.1. The van der Waals surface area contributed by atoms with Crippen LogP contribution in [0.4, 0.5) is 5.69 Å². The maximum atomic E-state index is 12.8. The Balaban J connectivity index is 1.30. The van der Waals surface area contributed by atoms with Gasteiger partial charge in [0.15, 0.2) is 0 Å². The van der Waals surface area contributed by atoms with Gasteiger partial charge in [-0.05, 0) is 49.2 Å². The molecular formula is C27H27N3O2. The predicted octanol–water partition coefficient (Wildman–Crippen LogP) is 5.42. The van der Waals surface area contributed by atoms with Crippen molar-refractivity contribution in [2.45, 2.75) is 31.7 Å². The van der Waals surface area contributed by atoms with Crippen LogP contribution in [0, 0.1) is 0 Å². The Morgan fingerprint density at radius 3 is 2.41 bits per heavy atom. The van der Waals surface area contributed by atoms with Crippen LogP contribution in [0.5, 0.6) is 5.75 Å². The number of hydrogen-bond acceptors (Lipinski definition) is 3. The molecule has 5 rings (SSSR count). The van der Waals surface area contributed by atoms with E-state index in [9.17, 15) is 4.79 Å². The van der Waals surface area contributed by atoms with Gasteiger partial charge in [-0.25, -0.2) is 4.98 Å². The standard InChI is InChI=1S/C27H27N3O2/c31-26-19-21(20-30(26)22-11-3-1-4-12-22)27-28-24-15-7-8-16-25(24)29(27)17-9-10-18-32-23-13-5-2-6-14-23/h1-8,11-16,21H,9-10,17-20H2/t21-/m0/s1. The van der Waals surface area contributed by atoms with E-state index < -0.39 is 0 Å². The topological polar surface area (TPSA) is 47.4 Å². The number of para-hydroxylation sites is 4. The molecule has 3 aromatic carbocycles. The largest absolute Gasteiger partial charge is 0.494 e. The summed E-state index contributed by atoms with van der Waals surface area (Å²) in [5.41, 5.74) is 3.09. The van der Waals surface area contributed by atoms with Gasteiger partial charge in [0.2, 0.25) is 5.91 Å². The maximum absolute atomic E-state index is 12.8. The highest BCUT2D eigenvalue weighted by Gasteiger charge is 2.34. The summed E-state index contributed by atoms with van der Waals surface area (Å²) in [6.45, 7) is 2.23. The molecule has 0 spiro atoms. The SMILES string of the molecule is O=C1C[C@H](c2nc3ccccc3n2CCCCOc2ccccc2)CN1c1ccccc1. The van der Waals surface area contributed by atoms with Crippen LogP contribution < -0.4 is 9.64 Å². The first-order valence-corrected chi connectivity index (χ1v) is 11.3. The molecule has 0 radical (unpaired) electrons. The van der Waals surface area contributed by atoms with E-state index in [2.05, 4.69) is 22.8 Å². The van der Waals surface area contributed by atoms with E-state index in [-0.39, 0.29) is 11.8 Å². The first-order chi connectivity index (χ1) is 15.8. The molecule has 0 N–H and O–H groups in total. The van der Waals surface area contributed by atoms with Crippen molar-refractivity contribution in [3.63, 3.8) is 0 Å². The van der Waals surface area contributed by atoms with Crippen molar-refractivity contribution >= 4 is 22.6 Å². The highest BCUT2D eigenvalue weighted by Crippen LogP contribution is 2.33. The van der Waals surface area contributed by atoms with E-state index in [4.69, 9.17) is 9.72 Å². The van der Waals surface area contributed by atoms with Crippen molar-refractivity contribution in [1.82, 2.24) is 9.55 Å². The van der Waals surface area contributed by atoms with Crippen LogP contribution in [0.2, 0.25) is 0 Å². The molecule has 5 heteroatoms. The van der Waals surface area contributed by atoms with Gasteiger partial charge in [-0.3, -0.25) is 4.79 Å². The summed E-state index contributed by atoms with van der Waals surface area (Å²) < 4.78 is 8.15. The van der Waals surface area contributed by atoms with Crippen LogP contribution in [0.15, 0.2) is 84.9 Å². The summed E-state index contributed by atoms with van der Waals surface area (Å²) in [6.07, 6.45) is 2.44. The van der Waals surface area contributed by atoms with Crippen LogP contribution in [-0.4, -0.2) is 28.6 Å². The van der Waals surface area contributed by atoms with E-state index in [1.807, 2.05) is 71.6 Å². The van der Waals surface area contributed by atoms with Gasteiger partial charge in [-0.15, -0.1) is 0 Å². The average molecular weight is 426 g/mol. The number of hydrogen-bond donors (Lipinski definition) is 0. The molecule has 4 aromatic rings. The smallest absolute Gasteiger partial charge is 0.227 e. The Bertz CT molecular complexity index is 1190. The molecule has 0 saturated carbocycles. The molecule has 162 valence electrons. The van der Waals surface area contributed by atoms with Gasteiger partial charge < -0.3 is 14.2 Å². The van der Waals surface area contributed by atoms with Gasteiger partial charge in [0.25, 0.3) is 0 Å². The molecule has 32 heavy (non-hydrogen) atoms. The summed E-state index contributed by atoms with van der Waals surface area (Å²) in [5.74, 6) is 2.18. The van der Waals surface area contributed by atoms with Gasteiger partial charge in [0, 0.05) is 31.1 Å². The number of rotatable bonds is 8.